The number of nitrogens with two attached hydrogens (primary N) is 2. The topological polar surface area (TPSA) is 271 Å². The number of guanidine groups is 1. The Hall–Kier alpha value is -5.71. The van der Waals surface area contributed by atoms with Gasteiger partial charge in [-0.25, -0.2) is 0 Å². The van der Waals surface area contributed by atoms with Gasteiger partial charge in [0, 0.05) is 26.6 Å². The van der Waals surface area contributed by atoms with E-state index in [4.69, 9.17) is 11.5 Å². The second kappa shape index (κ2) is 22.5. The summed E-state index contributed by atoms with van der Waals surface area (Å²) in [6, 6.07) is 9.96. The SMILES string of the molecule is CN=C1NCCC[C@@H](C(N)=O)NC(=O)[C@H](CC(C)C)NC(=O)[C@H](Cc2ccccc2)NC(=O)CNC(=O)[C@H](NC(=O)[C@@H](N)Cc2ccc(O)cc2)CCCN1. The lowest BCUT2D eigenvalue weighted by molar-refractivity contribution is -0.134. The minimum absolute atomic E-state index is 0.0294. The summed E-state index contributed by atoms with van der Waals surface area (Å²) >= 11 is 0. The standard InChI is InChI=1S/C38H56N10O7/c1-23(2)19-30-36(54)46-28(33(40)51)11-7-17-42-38(41-3)43-18-8-12-29(47-34(52)27(39)20-25-13-15-26(49)16-14-25)35(53)44-22-32(50)45-31(37(55)48-30)21-24-9-5-4-6-10-24/h4-6,9-10,13-16,23,27-31,49H,7-8,11-12,17-22,39H2,1-3H3,(H2,40,51)(H,44,53)(H,45,50)(H,46,54)(H,47,52)(H,48,55)(H2,41,42,43)/t27-,28-,29+,30-,31-/m0/s1. The summed E-state index contributed by atoms with van der Waals surface area (Å²) in [6.07, 6.45) is 1.67. The molecule has 2 aromatic carbocycles. The van der Waals surface area contributed by atoms with Gasteiger partial charge < -0.3 is 53.8 Å². The molecule has 0 spiro atoms. The number of aliphatic imine (C=N–C) groups is 1. The molecule has 0 bridgehead atoms. The van der Waals surface area contributed by atoms with E-state index in [2.05, 4.69) is 42.2 Å². The molecule has 300 valence electrons. The number of carbonyl (C=O) groups is 6. The molecule has 0 aromatic heterocycles. The summed E-state index contributed by atoms with van der Waals surface area (Å²) in [7, 11) is 1.58. The fourth-order valence-electron chi connectivity index (χ4n) is 5.90. The Bertz CT molecular complexity index is 1620. The minimum Gasteiger partial charge on any atom is -0.508 e. The van der Waals surface area contributed by atoms with E-state index < -0.39 is 72.2 Å². The van der Waals surface area contributed by atoms with Crippen LogP contribution in [0.5, 0.6) is 5.75 Å². The van der Waals surface area contributed by atoms with Crippen LogP contribution in [0.4, 0.5) is 0 Å². The molecule has 1 saturated heterocycles. The predicted octanol–water partition coefficient (Wildman–Crippen LogP) is -1.17. The summed E-state index contributed by atoms with van der Waals surface area (Å²) in [5.74, 6) is -3.37. The Morgan fingerprint density at radius 3 is 2.09 bits per heavy atom. The number of hydrogen-bond donors (Lipinski definition) is 10. The number of nitrogens with zero attached hydrogens (tertiary/aromatic N) is 1. The van der Waals surface area contributed by atoms with Crippen LogP contribution in [0.25, 0.3) is 0 Å². The van der Waals surface area contributed by atoms with Crippen LogP contribution in [0.3, 0.4) is 0 Å². The van der Waals surface area contributed by atoms with Crippen molar-refractivity contribution in [3.63, 3.8) is 0 Å². The summed E-state index contributed by atoms with van der Waals surface area (Å²) in [4.78, 5) is 83.8. The van der Waals surface area contributed by atoms with Gasteiger partial charge in [-0.15, -0.1) is 0 Å². The van der Waals surface area contributed by atoms with Gasteiger partial charge in [-0.3, -0.25) is 33.8 Å². The number of carbonyl (C=O) groups excluding carboxylic acids is 6. The minimum atomic E-state index is -1.14. The molecule has 2 aromatic rings. The highest BCUT2D eigenvalue weighted by Crippen LogP contribution is 2.12. The van der Waals surface area contributed by atoms with Crippen LogP contribution in [0.2, 0.25) is 0 Å². The molecule has 5 atom stereocenters. The van der Waals surface area contributed by atoms with Gasteiger partial charge in [-0.1, -0.05) is 56.3 Å². The highest BCUT2D eigenvalue weighted by atomic mass is 16.3. The van der Waals surface area contributed by atoms with Crippen LogP contribution in [-0.4, -0.2) is 103 Å². The van der Waals surface area contributed by atoms with Crippen molar-refractivity contribution in [2.45, 2.75) is 89.0 Å². The largest absolute Gasteiger partial charge is 0.508 e. The molecule has 1 aliphatic rings. The summed E-state index contributed by atoms with van der Waals surface area (Å²) in [6.45, 7) is 3.97. The van der Waals surface area contributed by atoms with Crippen molar-refractivity contribution in [3.05, 3.63) is 65.7 Å². The number of nitrogens with one attached hydrogen (secondary N) is 7. The average molecular weight is 765 g/mol. The number of hydrogen-bond acceptors (Lipinski definition) is 9. The molecule has 6 amide bonds. The molecule has 0 aliphatic carbocycles. The van der Waals surface area contributed by atoms with Gasteiger partial charge in [0.1, 0.15) is 29.9 Å². The van der Waals surface area contributed by atoms with E-state index in [1.54, 1.807) is 43.4 Å². The number of rotatable bonds is 9. The molecule has 1 aliphatic heterocycles. The third-order valence-electron chi connectivity index (χ3n) is 8.87. The molecule has 1 heterocycles. The van der Waals surface area contributed by atoms with E-state index in [0.717, 1.165) is 5.56 Å². The number of aromatic hydroxyl groups is 1. The number of amides is 6. The van der Waals surface area contributed by atoms with Crippen molar-refractivity contribution in [1.82, 2.24) is 37.2 Å². The Kier molecular flexibility index (Phi) is 17.9. The fourth-order valence-corrected chi connectivity index (χ4v) is 5.90. The molecule has 0 unspecified atom stereocenters. The first-order valence-corrected chi connectivity index (χ1v) is 18.5. The van der Waals surface area contributed by atoms with Gasteiger partial charge in [-0.2, -0.15) is 0 Å². The fraction of sp³-hybridized carbons (Fsp3) is 0.500. The zero-order valence-corrected chi connectivity index (χ0v) is 31.7. The number of phenolic OH excluding ortho intramolecular Hbond substituents is 1. The highest BCUT2D eigenvalue weighted by molar-refractivity contribution is 5.95. The van der Waals surface area contributed by atoms with Crippen LogP contribution in [0.1, 0.15) is 57.1 Å². The molecule has 0 saturated carbocycles. The molecular formula is C38H56N10O7. The lowest BCUT2D eigenvalue weighted by Gasteiger charge is -2.26. The smallest absolute Gasteiger partial charge is 0.243 e. The molecule has 17 nitrogen and oxygen atoms in total. The number of primary amides is 1. The highest BCUT2D eigenvalue weighted by Gasteiger charge is 2.30. The van der Waals surface area contributed by atoms with Gasteiger partial charge in [0.25, 0.3) is 0 Å². The third kappa shape index (κ3) is 15.7. The first-order chi connectivity index (χ1) is 26.2. The van der Waals surface area contributed by atoms with Gasteiger partial charge in [-0.05, 0) is 67.7 Å². The summed E-state index contributed by atoms with van der Waals surface area (Å²) < 4.78 is 0. The van der Waals surface area contributed by atoms with Crippen molar-refractivity contribution in [3.8, 4) is 5.75 Å². The van der Waals surface area contributed by atoms with Crippen molar-refractivity contribution in [2.24, 2.45) is 22.4 Å². The average Bonchev–Trinajstić information content (AvgIpc) is 3.15. The Morgan fingerprint density at radius 1 is 0.836 bits per heavy atom. The lowest BCUT2D eigenvalue weighted by Crippen LogP contribution is -2.58. The maximum absolute atomic E-state index is 13.8. The first-order valence-electron chi connectivity index (χ1n) is 18.5. The third-order valence-corrected chi connectivity index (χ3v) is 8.87. The van der Waals surface area contributed by atoms with Gasteiger partial charge in [0.2, 0.25) is 35.4 Å². The zero-order valence-electron chi connectivity index (χ0n) is 31.7. The van der Waals surface area contributed by atoms with E-state index in [1.807, 2.05) is 19.9 Å². The summed E-state index contributed by atoms with van der Waals surface area (Å²) in [5.41, 5.74) is 13.3. The first kappa shape index (κ1) is 43.7. The molecule has 55 heavy (non-hydrogen) atoms. The molecule has 17 heteroatoms. The van der Waals surface area contributed by atoms with E-state index in [9.17, 15) is 33.9 Å². The molecule has 3 rings (SSSR count). The van der Waals surface area contributed by atoms with Crippen LogP contribution in [0, 0.1) is 5.92 Å². The van der Waals surface area contributed by atoms with E-state index in [-0.39, 0.29) is 43.8 Å². The van der Waals surface area contributed by atoms with Crippen LogP contribution in [-0.2, 0) is 41.6 Å². The van der Waals surface area contributed by atoms with Crippen molar-refractivity contribution < 1.29 is 33.9 Å². The second-order valence-electron chi connectivity index (χ2n) is 13.9. The normalized spacial score (nSPS) is 22.6. The number of benzene rings is 2. The van der Waals surface area contributed by atoms with Crippen LogP contribution >= 0.6 is 0 Å². The maximum atomic E-state index is 13.8. The zero-order chi connectivity index (χ0) is 40.3. The van der Waals surface area contributed by atoms with E-state index >= 15 is 0 Å². The van der Waals surface area contributed by atoms with Crippen molar-refractivity contribution in [2.75, 3.05) is 26.7 Å². The molecule has 12 N–H and O–H groups in total. The molecular weight excluding hydrogens is 708 g/mol. The van der Waals surface area contributed by atoms with Gasteiger partial charge in [0.15, 0.2) is 5.96 Å². The predicted molar refractivity (Wildman–Crippen MR) is 207 cm³/mol. The molecule has 1 fully saturated rings. The van der Waals surface area contributed by atoms with E-state index in [1.165, 1.54) is 12.1 Å². The Balaban J connectivity index is 1.85. The lowest BCUT2D eigenvalue weighted by atomic mass is 10.0. The number of phenols is 1. The van der Waals surface area contributed by atoms with Gasteiger partial charge in [0.05, 0.1) is 12.6 Å². The monoisotopic (exact) mass is 764 g/mol. The summed E-state index contributed by atoms with van der Waals surface area (Å²) in [5, 5.41) is 29.2. The Labute approximate surface area is 321 Å². The van der Waals surface area contributed by atoms with E-state index in [0.29, 0.717) is 37.5 Å². The van der Waals surface area contributed by atoms with Crippen LogP contribution in [0.15, 0.2) is 59.6 Å². The van der Waals surface area contributed by atoms with Gasteiger partial charge >= 0.3 is 0 Å². The maximum Gasteiger partial charge on any atom is 0.243 e. The quantitative estimate of drug-likeness (QED) is 0.146. The van der Waals surface area contributed by atoms with Crippen LogP contribution < -0.4 is 48.7 Å². The van der Waals surface area contributed by atoms with Crippen molar-refractivity contribution in [1.29, 1.82) is 0 Å². The van der Waals surface area contributed by atoms with Crippen molar-refractivity contribution >= 4 is 41.4 Å². The second-order valence-corrected chi connectivity index (χ2v) is 13.9. The molecule has 0 radical (unpaired) electrons. The Morgan fingerprint density at radius 2 is 1.47 bits per heavy atom.